The number of rotatable bonds is 8. The van der Waals surface area contributed by atoms with Crippen molar-refractivity contribution in [1.29, 1.82) is 0 Å². The molecule has 5 nitrogen and oxygen atoms in total. The van der Waals surface area contributed by atoms with Gasteiger partial charge in [0, 0.05) is 48.7 Å². The molecule has 1 aromatic carbocycles. The number of methoxy groups -OCH3 is 1. The molecule has 1 amide bonds. The second-order valence-electron chi connectivity index (χ2n) is 6.94. The lowest BCUT2D eigenvalue weighted by Gasteiger charge is -2.30. The normalized spacial score (nSPS) is 20.0. The summed E-state index contributed by atoms with van der Waals surface area (Å²) >= 11 is 1.78. The van der Waals surface area contributed by atoms with E-state index in [0.717, 1.165) is 13.1 Å². The Morgan fingerprint density at radius 2 is 2.22 bits per heavy atom. The van der Waals surface area contributed by atoms with Crippen molar-refractivity contribution in [3.05, 3.63) is 52.0 Å². The molecule has 1 unspecified atom stereocenters. The van der Waals surface area contributed by atoms with E-state index >= 15 is 0 Å². The van der Waals surface area contributed by atoms with E-state index in [2.05, 4.69) is 34.6 Å². The first-order valence-electron chi connectivity index (χ1n) is 9.09. The summed E-state index contributed by atoms with van der Waals surface area (Å²) in [5.41, 5.74) is -0.167. The molecule has 7 heteroatoms. The van der Waals surface area contributed by atoms with E-state index < -0.39 is 5.54 Å². The number of carbonyl (C=O) groups excluding carboxylic acids is 1. The molecule has 1 aliphatic rings. The zero-order chi connectivity index (χ0) is 19.3. The molecule has 1 atom stereocenters. The Labute approximate surface area is 163 Å². The number of nitrogens with zero attached hydrogens (tertiary/aromatic N) is 1. The van der Waals surface area contributed by atoms with Gasteiger partial charge in [0.25, 0.3) is 0 Å². The summed E-state index contributed by atoms with van der Waals surface area (Å²) in [4.78, 5) is 17.8. The van der Waals surface area contributed by atoms with Gasteiger partial charge in [-0.1, -0.05) is 6.07 Å². The van der Waals surface area contributed by atoms with Gasteiger partial charge in [-0.05, 0) is 43.7 Å². The van der Waals surface area contributed by atoms with Crippen LogP contribution in [0.15, 0.2) is 36.4 Å². The fourth-order valence-electron chi connectivity index (χ4n) is 3.44. The summed E-state index contributed by atoms with van der Waals surface area (Å²) in [6, 6.07) is 10.5. The van der Waals surface area contributed by atoms with Crippen LogP contribution in [0, 0.1) is 12.7 Å². The number of ether oxygens (including phenoxy) is 1. The first-order chi connectivity index (χ1) is 13.0. The number of nitrogens with one attached hydrogen (secondary N) is 2. The van der Waals surface area contributed by atoms with Crippen LogP contribution in [0.4, 0.5) is 10.1 Å². The van der Waals surface area contributed by atoms with Crippen molar-refractivity contribution in [2.75, 3.05) is 38.7 Å². The van der Waals surface area contributed by atoms with Crippen LogP contribution >= 0.6 is 11.3 Å². The van der Waals surface area contributed by atoms with E-state index in [1.807, 2.05) is 0 Å². The molecular weight excluding hydrogens is 365 g/mol. The fourth-order valence-corrected chi connectivity index (χ4v) is 4.37. The van der Waals surface area contributed by atoms with Crippen LogP contribution in [0.3, 0.4) is 0 Å². The third-order valence-electron chi connectivity index (χ3n) is 4.76. The molecule has 2 aromatic rings. The van der Waals surface area contributed by atoms with Crippen molar-refractivity contribution >= 4 is 22.9 Å². The summed E-state index contributed by atoms with van der Waals surface area (Å²) in [6.45, 7) is 5.19. The van der Waals surface area contributed by atoms with Crippen molar-refractivity contribution in [2.45, 2.75) is 25.4 Å². The average molecular weight is 392 g/mol. The lowest BCUT2D eigenvalue weighted by molar-refractivity contribution is -0.125. The van der Waals surface area contributed by atoms with Crippen molar-refractivity contribution in [3.8, 4) is 0 Å². The highest BCUT2D eigenvalue weighted by atomic mass is 32.1. The number of likely N-dealkylation sites (tertiary alicyclic amines) is 1. The summed E-state index contributed by atoms with van der Waals surface area (Å²) < 4.78 is 18.6. The van der Waals surface area contributed by atoms with E-state index in [1.54, 1.807) is 30.6 Å². The lowest BCUT2D eigenvalue weighted by Crippen LogP contribution is -2.54. The SMILES string of the molecule is COCCNC(=O)C1(Nc2cccc(F)c2)CCN(Cc2ccc(C)s2)C1. The van der Waals surface area contributed by atoms with Crippen LogP contribution in [-0.4, -0.2) is 49.7 Å². The van der Waals surface area contributed by atoms with E-state index in [9.17, 15) is 9.18 Å². The van der Waals surface area contributed by atoms with Crippen molar-refractivity contribution in [1.82, 2.24) is 10.2 Å². The van der Waals surface area contributed by atoms with Gasteiger partial charge in [0.1, 0.15) is 11.4 Å². The zero-order valence-corrected chi connectivity index (χ0v) is 16.6. The number of amides is 1. The highest BCUT2D eigenvalue weighted by Crippen LogP contribution is 2.29. The average Bonchev–Trinajstić information content (AvgIpc) is 3.22. The molecule has 27 heavy (non-hydrogen) atoms. The molecule has 0 saturated carbocycles. The first-order valence-corrected chi connectivity index (χ1v) is 9.91. The maximum Gasteiger partial charge on any atom is 0.247 e. The molecule has 0 radical (unpaired) electrons. The van der Waals surface area contributed by atoms with E-state index in [1.165, 1.54) is 21.9 Å². The maximum atomic E-state index is 13.6. The fraction of sp³-hybridized carbons (Fsp3) is 0.450. The topological polar surface area (TPSA) is 53.6 Å². The van der Waals surface area contributed by atoms with E-state index in [0.29, 0.717) is 31.8 Å². The number of thiophene rings is 1. The minimum absolute atomic E-state index is 0.0753. The molecule has 1 aliphatic heterocycles. The Kier molecular flexibility index (Phi) is 6.46. The third kappa shape index (κ3) is 5.06. The van der Waals surface area contributed by atoms with E-state index in [4.69, 9.17) is 4.74 Å². The van der Waals surface area contributed by atoms with Gasteiger partial charge in [-0.15, -0.1) is 11.3 Å². The highest BCUT2D eigenvalue weighted by Gasteiger charge is 2.44. The second-order valence-corrected chi connectivity index (χ2v) is 8.31. The molecule has 0 bridgehead atoms. The molecule has 1 aromatic heterocycles. The van der Waals surface area contributed by atoms with Gasteiger partial charge in [0.05, 0.1) is 6.61 Å². The van der Waals surface area contributed by atoms with Crippen molar-refractivity contribution in [2.24, 2.45) is 0 Å². The van der Waals surface area contributed by atoms with Gasteiger partial charge in [-0.25, -0.2) is 4.39 Å². The Balaban J connectivity index is 1.74. The summed E-state index contributed by atoms with van der Waals surface area (Å²) in [5.74, 6) is -0.396. The Hall–Kier alpha value is -1.96. The monoisotopic (exact) mass is 391 g/mol. The summed E-state index contributed by atoms with van der Waals surface area (Å²) in [7, 11) is 1.60. The Bertz CT molecular complexity index is 782. The molecule has 146 valence electrons. The van der Waals surface area contributed by atoms with Gasteiger partial charge < -0.3 is 15.4 Å². The zero-order valence-electron chi connectivity index (χ0n) is 15.8. The molecule has 2 N–H and O–H groups in total. The predicted molar refractivity (Wildman–Crippen MR) is 107 cm³/mol. The van der Waals surface area contributed by atoms with Gasteiger partial charge in [-0.3, -0.25) is 9.69 Å². The van der Waals surface area contributed by atoms with Crippen LogP contribution < -0.4 is 10.6 Å². The number of halogens is 1. The van der Waals surface area contributed by atoms with Crippen molar-refractivity contribution in [3.63, 3.8) is 0 Å². The number of aryl methyl sites for hydroxylation is 1. The second kappa shape index (κ2) is 8.82. The molecule has 0 aliphatic carbocycles. The van der Waals surface area contributed by atoms with Gasteiger partial charge in [0.2, 0.25) is 5.91 Å². The maximum absolute atomic E-state index is 13.6. The smallest absolute Gasteiger partial charge is 0.247 e. The van der Waals surface area contributed by atoms with Crippen LogP contribution in [0.25, 0.3) is 0 Å². The third-order valence-corrected chi connectivity index (χ3v) is 5.74. The van der Waals surface area contributed by atoms with E-state index in [-0.39, 0.29) is 11.7 Å². The van der Waals surface area contributed by atoms with Gasteiger partial charge >= 0.3 is 0 Å². The minimum atomic E-state index is -0.784. The molecular formula is C20H26FN3O2S. The predicted octanol–water partition coefficient (Wildman–Crippen LogP) is 3.01. The summed E-state index contributed by atoms with van der Waals surface area (Å²) in [6.07, 6.45) is 0.659. The van der Waals surface area contributed by atoms with Crippen LogP contribution in [0.5, 0.6) is 0 Å². The highest BCUT2D eigenvalue weighted by molar-refractivity contribution is 7.11. The number of anilines is 1. The van der Waals surface area contributed by atoms with Gasteiger partial charge in [0.15, 0.2) is 0 Å². The standard InChI is InChI=1S/C20H26FN3O2S/c1-15-6-7-18(27-15)13-24-10-8-20(14-24,19(25)22-9-11-26-2)23-17-5-3-4-16(21)12-17/h3-7,12,23H,8-11,13-14H2,1-2H3,(H,22,25). The molecule has 0 spiro atoms. The Morgan fingerprint density at radius 1 is 1.37 bits per heavy atom. The molecule has 2 heterocycles. The minimum Gasteiger partial charge on any atom is -0.383 e. The Morgan fingerprint density at radius 3 is 2.93 bits per heavy atom. The number of hydrogen-bond acceptors (Lipinski definition) is 5. The largest absolute Gasteiger partial charge is 0.383 e. The number of benzene rings is 1. The van der Waals surface area contributed by atoms with Crippen LogP contribution in [0.2, 0.25) is 0 Å². The number of hydrogen-bond donors (Lipinski definition) is 2. The first kappa shape index (κ1) is 19.8. The number of carbonyl (C=O) groups is 1. The molecule has 1 saturated heterocycles. The quantitative estimate of drug-likeness (QED) is 0.680. The van der Waals surface area contributed by atoms with Gasteiger partial charge in [-0.2, -0.15) is 0 Å². The van der Waals surface area contributed by atoms with Crippen molar-refractivity contribution < 1.29 is 13.9 Å². The molecule has 3 rings (SSSR count). The molecule has 1 fully saturated rings. The summed E-state index contributed by atoms with van der Waals surface area (Å²) in [5, 5.41) is 6.26. The lowest BCUT2D eigenvalue weighted by atomic mass is 9.96. The van der Waals surface area contributed by atoms with Crippen LogP contribution in [0.1, 0.15) is 16.2 Å². The van der Waals surface area contributed by atoms with Crippen LogP contribution in [-0.2, 0) is 16.1 Å².